The second kappa shape index (κ2) is 11.8. The molecular weight excluding hydrogens is 608 g/mol. The van der Waals surface area contributed by atoms with Crippen LogP contribution < -0.4 is 9.64 Å². The zero-order valence-electron chi connectivity index (χ0n) is 27.8. The number of aryl methyl sites for hydroxylation is 1. The van der Waals surface area contributed by atoms with Gasteiger partial charge in [0.05, 0.1) is 17.6 Å². The van der Waals surface area contributed by atoms with E-state index in [9.17, 15) is 14.7 Å². The standard InChI is InChI=1S/C37H42N6O5/c1-22-20-41-18-15-26(22)43-27-11-6-5-10-25(27)38-36(43)47-23-19-28(35(45)46)42(21-23)34-33-32(24-9-4-7-12-29(24)48-33)39-30(40-34)13-8-16-37(2,3)17-14-31(41)44/h4-7,9-12,22-23,26,28H,8,13-21H2,1-3H3,(H,45,46)/t22-,23-,26-,28-/m0/s1. The number of aliphatic carboxylic acids is 1. The van der Waals surface area contributed by atoms with Crippen molar-refractivity contribution < 1.29 is 23.8 Å². The lowest BCUT2D eigenvalue weighted by molar-refractivity contribution is -0.138. The Hall–Kier alpha value is -4.67. The third-order valence-electron chi connectivity index (χ3n) is 10.7. The Balaban J connectivity index is 1.24. The number of benzene rings is 2. The maximum Gasteiger partial charge on any atom is 0.326 e. The molecule has 0 unspecified atom stereocenters. The van der Waals surface area contributed by atoms with E-state index in [-0.39, 0.29) is 29.7 Å². The van der Waals surface area contributed by atoms with Crippen LogP contribution in [-0.4, -0.2) is 73.2 Å². The van der Waals surface area contributed by atoms with Crippen LogP contribution in [0.25, 0.3) is 33.1 Å². The fourth-order valence-corrected chi connectivity index (χ4v) is 8.05. The highest BCUT2D eigenvalue weighted by Gasteiger charge is 2.42. The van der Waals surface area contributed by atoms with E-state index >= 15 is 0 Å². The number of carboxylic acid groups (broad SMARTS) is 1. The summed E-state index contributed by atoms with van der Waals surface area (Å²) in [6.45, 7) is 8.31. The van der Waals surface area contributed by atoms with Crippen molar-refractivity contribution in [3.05, 3.63) is 54.4 Å². The SMILES string of the molecule is C[C@H]1CN2CC[C@@H]1n1c(nc3ccccc31)O[C@H]1C[C@@H](C(=O)O)N(C1)c1nc(nc3c1oc1ccccc13)CCCC(C)(C)CCC2=O. The van der Waals surface area contributed by atoms with E-state index in [2.05, 4.69) is 31.4 Å². The third kappa shape index (κ3) is 5.42. The Bertz CT molecular complexity index is 2030. The molecule has 2 fully saturated rings. The summed E-state index contributed by atoms with van der Waals surface area (Å²) >= 11 is 0. The van der Waals surface area contributed by atoms with Crippen molar-refractivity contribution in [3.63, 3.8) is 0 Å². The van der Waals surface area contributed by atoms with Crippen LogP contribution >= 0.6 is 0 Å². The number of fused-ring (bicyclic) bond motifs is 12. The molecule has 9 rings (SSSR count). The number of furan rings is 1. The molecule has 48 heavy (non-hydrogen) atoms. The van der Waals surface area contributed by atoms with E-state index in [1.165, 1.54) is 0 Å². The number of amides is 1. The number of carboxylic acids is 1. The molecule has 0 spiro atoms. The van der Waals surface area contributed by atoms with Crippen molar-refractivity contribution in [2.45, 2.75) is 83.9 Å². The maximum atomic E-state index is 13.5. The smallest absolute Gasteiger partial charge is 0.326 e. The first-order valence-electron chi connectivity index (χ1n) is 17.2. The molecule has 0 radical (unpaired) electrons. The molecule has 0 saturated carbocycles. The Kier molecular flexibility index (Phi) is 7.53. The molecule has 5 aromatic rings. The van der Waals surface area contributed by atoms with Crippen LogP contribution in [0.2, 0.25) is 0 Å². The molecule has 7 heterocycles. The van der Waals surface area contributed by atoms with Gasteiger partial charge in [-0.15, -0.1) is 0 Å². The largest absolute Gasteiger partial charge is 0.480 e. The average molecular weight is 651 g/mol. The highest BCUT2D eigenvalue weighted by molar-refractivity contribution is 6.06. The minimum Gasteiger partial charge on any atom is -0.480 e. The summed E-state index contributed by atoms with van der Waals surface area (Å²) < 4.78 is 15.2. The number of anilines is 1. The number of carbonyl (C=O) groups excluding carboxylic acids is 1. The summed E-state index contributed by atoms with van der Waals surface area (Å²) in [7, 11) is 0. The predicted octanol–water partition coefficient (Wildman–Crippen LogP) is 6.39. The van der Waals surface area contributed by atoms with Crippen molar-refractivity contribution >= 4 is 50.8 Å². The Labute approximate surface area is 278 Å². The van der Waals surface area contributed by atoms with Crippen molar-refractivity contribution in [1.82, 2.24) is 24.4 Å². The number of hydrogen-bond acceptors (Lipinski definition) is 8. The molecule has 1 amide bonds. The van der Waals surface area contributed by atoms with Crippen molar-refractivity contribution in [3.8, 4) is 6.01 Å². The topological polar surface area (TPSA) is 127 Å². The summed E-state index contributed by atoms with van der Waals surface area (Å²) in [5.41, 5.74) is 3.63. The Morgan fingerprint density at radius 3 is 2.65 bits per heavy atom. The molecule has 4 atom stereocenters. The van der Waals surface area contributed by atoms with Crippen molar-refractivity contribution in [1.29, 1.82) is 0 Å². The molecule has 4 aliphatic heterocycles. The zero-order chi connectivity index (χ0) is 33.2. The molecule has 11 heteroatoms. The van der Waals surface area contributed by atoms with Gasteiger partial charge in [-0.25, -0.2) is 14.8 Å². The third-order valence-corrected chi connectivity index (χ3v) is 10.7. The fraction of sp³-hybridized carbons (Fsp3) is 0.486. The van der Waals surface area contributed by atoms with Gasteiger partial charge in [0.15, 0.2) is 11.4 Å². The molecule has 6 bridgehead atoms. The van der Waals surface area contributed by atoms with Gasteiger partial charge in [-0.05, 0) is 61.3 Å². The van der Waals surface area contributed by atoms with Crippen molar-refractivity contribution in [2.24, 2.45) is 11.3 Å². The number of para-hydroxylation sites is 3. The highest BCUT2D eigenvalue weighted by Crippen LogP contribution is 2.40. The molecule has 250 valence electrons. The predicted molar refractivity (Wildman–Crippen MR) is 182 cm³/mol. The van der Waals surface area contributed by atoms with E-state index in [1.807, 2.05) is 52.3 Å². The summed E-state index contributed by atoms with van der Waals surface area (Å²) in [5.74, 6) is 0.584. The highest BCUT2D eigenvalue weighted by atomic mass is 16.5. The molecular formula is C37H42N6O5. The van der Waals surface area contributed by atoms with Gasteiger partial charge < -0.3 is 24.1 Å². The second-order valence-electron chi connectivity index (χ2n) is 14.7. The quantitative estimate of drug-likeness (QED) is 0.220. The van der Waals surface area contributed by atoms with Crippen LogP contribution in [0.1, 0.15) is 71.2 Å². The van der Waals surface area contributed by atoms with Gasteiger partial charge in [0.2, 0.25) is 5.91 Å². The average Bonchev–Trinajstić information content (AvgIpc) is 3.76. The number of hydrogen-bond donors (Lipinski definition) is 1. The lowest BCUT2D eigenvalue weighted by Gasteiger charge is -2.38. The summed E-state index contributed by atoms with van der Waals surface area (Å²) in [6, 6.07) is 15.4. The van der Waals surface area contributed by atoms with Gasteiger partial charge in [-0.1, -0.05) is 45.0 Å². The maximum absolute atomic E-state index is 13.5. The Morgan fingerprint density at radius 1 is 1.00 bits per heavy atom. The first-order valence-corrected chi connectivity index (χ1v) is 17.2. The van der Waals surface area contributed by atoms with E-state index in [0.717, 1.165) is 42.1 Å². The van der Waals surface area contributed by atoms with E-state index in [0.29, 0.717) is 66.8 Å². The van der Waals surface area contributed by atoms with Crippen LogP contribution in [0, 0.1) is 11.3 Å². The monoisotopic (exact) mass is 650 g/mol. The number of piperidine rings is 1. The summed E-state index contributed by atoms with van der Waals surface area (Å²) in [6.07, 6.45) is 4.30. The van der Waals surface area contributed by atoms with Gasteiger partial charge in [0, 0.05) is 43.8 Å². The van der Waals surface area contributed by atoms with Gasteiger partial charge in [-0.3, -0.25) is 9.36 Å². The molecule has 4 aliphatic rings. The minimum atomic E-state index is -0.940. The number of imidazole rings is 1. The minimum absolute atomic E-state index is 0.0335. The first-order chi connectivity index (χ1) is 23.1. The number of rotatable bonds is 1. The molecule has 3 aromatic heterocycles. The lowest BCUT2D eigenvalue weighted by Crippen LogP contribution is -2.44. The Morgan fingerprint density at radius 2 is 1.81 bits per heavy atom. The molecule has 1 N–H and O–H groups in total. The normalized spacial score (nSPS) is 25.0. The van der Waals surface area contributed by atoms with Crippen LogP contribution in [0.15, 0.2) is 52.9 Å². The molecule has 2 saturated heterocycles. The van der Waals surface area contributed by atoms with E-state index < -0.39 is 18.1 Å². The number of aromatic nitrogens is 4. The second-order valence-corrected chi connectivity index (χ2v) is 14.7. The lowest BCUT2D eigenvalue weighted by atomic mass is 9.82. The molecule has 2 aromatic carbocycles. The van der Waals surface area contributed by atoms with Crippen LogP contribution in [0.4, 0.5) is 5.82 Å². The van der Waals surface area contributed by atoms with Crippen molar-refractivity contribution in [2.75, 3.05) is 24.5 Å². The van der Waals surface area contributed by atoms with Crippen LogP contribution in [-0.2, 0) is 16.0 Å². The molecule has 0 aliphatic carbocycles. The van der Waals surface area contributed by atoms with Gasteiger partial charge in [0.1, 0.15) is 29.1 Å². The van der Waals surface area contributed by atoms with E-state index in [4.69, 9.17) is 24.1 Å². The van der Waals surface area contributed by atoms with Crippen LogP contribution in [0.5, 0.6) is 6.01 Å². The summed E-state index contributed by atoms with van der Waals surface area (Å²) in [4.78, 5) is 45.1. The number of carbonyl (C=O) groups is 2. The van der Waals surface area contributed by atoms with E-state index in [1.54, 1.807) is 0 Å². The first kappa shape index (κ1) is 30.7. The fourth-order valence-electron chi connectivity index (χ4n) is 8.05. The van der Waals surface area contributed by atoms with Gasteiger partial charge in [-0.2, -0.15) is 4.98 Å². The van der Waals surface area contributed by atoms with Gasteiger partial charge in [0.25, 0.3) is 6.01 Å². The zero-order valence-corrected chi connectivity index (χ0v) is 27.8. The summed E-state index contributed by atoms with van der Waals surface area (Å²) in [5, 5.41) is 11.4. The van der Waals surface area contributed by atoms with Gasteiger partial charge >= 0.3 is 5.97 Å². The number of ether oxygens (including phenoxy) is 1. The van der Waals surface area contributed by atoms with Crippen LogP contribution in [0.3, 0.4) is 0 Å². The molecule has 11 nitrogen and oxygen atoms in total. The number of nitrogens with zero attached hydrogens (tertiary/aromatic N) is 6.